The Morgan fingerprint density at radius 2 is 1.89 bits per heavy atom. The summed E-state index contributed by atoms with van der Waals surface area (Å²) in [7, 11) is -3.63. The van der Waals surface area contributed by atoms with Gasteiger partial charge in [-0.15, -0.1) is 0 Å². The Bertz CT molecular complexity index is 1160. The summed E-state index contributed by atoms with van der Waals surface area (Å²) in [5.41, 5.74) is 4.83. The fourth-order valence-electron chi connectivity index (χ4n) is 3.71. The number of hydrogen-bond donors (Lipinski definition) is 1. The number of H-pyrrole nitrogens is 1. The second-order valence-corrected chi connectivity index (χ2v) is 8.86. The molecule has 0 aliphatic carbocycles. The number of para-hydroxylation sites is 1. The van der Waals surface area contributed by atoms with Crippen LogP contribution in [-0.2, 0) is 10.0 Å². The van der Waals surface area contributed by atoms with Crippen molar-refractivity contribution in [3.8, 4) is 0 Å². The largest absolute Gasteiger partial charge is 0.358 e. The number of nitrogens with one attached hydrogen (secondary N) is 1. The Morgan fingerprint density at radius 1 is 1.11 bits per heavy atom. The molecule has 0 spiro atoms. The third-order valence-electron chi connectivity index (χ3n) is 5.15. The van der Waals surface area contributed by atoms with E-state index in [-0.39, 0.29) is 4.90 Å². The molecule has 6 heteroatoms. The number of rotatable bonds is 3. The number of hydrogen-bond acceptors (Lipinski definition) is 2. The van der Waals surface area contributed by atoms with E-state index in [0.717, 1.165) is 22.2 Å². The number of aryl methyl sites for hydroxylation is 2. The summed E-state index contributed by atoms with van der Waals surface area (Å²) in [5, 5.41) is 1.16. The maximum atomic E-state index is 13.5. The van der Waals surface area contributed by atoms with Crippen molar-refractivity contribution in [3.63, 3.8) is 0 Å². The van der Waals surface area contributed by atoms with Crippen LogP contribution in [0.15, 0.2) is 53.4 Å². The highest BCUT2D eigenvalue weighted by Crippen LogP contribution is 2.33. The fraction of sp³-hybridized carbons (Fsp3) is 0.238. The van der Waals surface area contributed by atoms with Crippen LogP contribution in [-0.4, -0.2) is 30.8 Å². The SMILES string of the molecule is Cc1cc(S(=O)(=O)N2CC=C(c3c(C)[nH]c4ccccc34)CC2)ccc1F. The smallest absolute Gasteiger partial charge is 0.243 e. The Morgan fingerprint density at radius 3 is 2.59 bits per heavy atom. The molecule has 27 heavy (non-hydrogen) atoms. The number of fused-ring (bicyclic) bond motifs is 1. The summed E-state index contributed by atoms with van der Waals surface area (Å²) >= 11 is 0. The van der Waals surface area contributed by atoms with Gasteiger partial charge in [0.2, 0.25) is 10.0 Å². The van der Waals surface area contributed by atoms with Crippen molar-refractivity contribution in [2.45, 2.75) is 25.2 Å². The lowest BCUT2D eigenvalue weighted by Gasteiger charge is -2.26. The first kappa shape index (κ1) is 17.9. The van der Waals surface area contributed by atoms with Crippen molar-refractivity contribution < 1.29 is 12.8 Å². The van der Waals surface area contributed by atoms with Gasteiger partial charge in [-0.3, -0.25) is 0 Å². The van der Waals surface area contributed by atoms with Gasteiger partial charge in [0.15, 0.2) is 0 Å². The molecule has 0 fully saturated rings. The van der Waals surface area contributed by atoms with Gasteiger partial charge in [0.25, 0.3) is 0 Å². The monoisotopic (exact) mass is 384 g/mol. The summed E-state index contributed by atoms with van der Waals surface area (Å²) in [5.74, 6) is -0.399. The summed E-state index contributed by atoms with van der Waals surface area (Å²) in [6.07, 6.45) is 2.63. The van der Waals surface area contributed by atoms with E-state index >= 15 is 0 Å². The van der Waals surface area contributed by atoms with Crippen LogP contribution in [0.3, 0.4) is 0 Å². The van der Waals surface area contributed by atoms with Crippen molar-refractivity contribution in [2.24, 2.45) is 0 Å². The van der Waals surface area contributed by atoms with E-state index in [1.807, 2.05) is 31.2 Å². The fourth-order valence-corrected chi connectivity index (χ4v) is 5.18. The minimum Gasteiger partial charge on any atom is -0.358 e. The van der Waals surface area contributed by atoms with Crippen LogP contribution in [0.5, 0.6) is 0 Å². The zero-order chi connectivity index (χ0) is 19.2. The standard InChI is InChI=1S/C21H21FN2O2S/c1-14-13-17(7-8-19(14)22)27(25,26)24-11-9-16(10-12-24)21-15(2)23-20-6-4-3-5-18(20)21/h3-9,13,23H,10-12H2,1-2H3. The normalized spacial score (nSPS) is 15.9. The maximum absolute atomic E-state index is 13.5. The van der Waals surface area contributed by atoms with Crippen molar-refractivity contribution in [2.75, 3.05) is 13.1 Å². The highest BCUT2D eigenvalue weighted by molar-refractivity contribution is 7.89. The van der Waals surface area contributed by atoms with E-state index in [4.69, 9.17) is 0 Å². The van der Waals surface area contributed by atoms with Gasteiger partial charge in [0.05, 0.1) is 4.90 Å². The van der Waals surface area contributed by atoms with E-state index in [2.05, 4.69) is 11.1 Å². The van der Waals surface area contributed by atoms with E-state index < -0.39 is 15.8 Å². The second-order valence-electron chi connectivity index (χ2n) is 6.92. The molecule has 3 aromatic rings. The molecule has 2 heterocycles. The third-order valence-corrected chi connectivity index (χ3v) is 7.01. The lowest BCUT2D eigenvalue weighted by Crippen LogP contribution is -2.34. The lowest BCUT2D eigenvalue weighted by molar-refractivity contribution is 0.441. The Labute approximate surface area is 158 Å². The molecular formula is C21H21FN2O2S. The van der Waals surface area contributed by atoms with Gasteiger partial charge in [-0.1, -0.05) is 24.3 Å². The number of aromatic nitrogens is 1. The van der Waals surface area contributed by atoms with Gasteiger partial charge in [0.1, 0.15) is 5.82 Å². The minimum absolute atomic E-state index is 0.140. The molecule has 0 amide bonds. The van der Waals surface area contributed by atoms with E-state index in [0.29, 0.717) is 25.1 Å². The van der Waals surface area contributed by atoms with Gasteiger partial charge < -0.3 is 4.98 Å². The average Bonchev–Trinajstić information content (AvgIpc) is 2.99. The summed E-state index contributed by atoms with van der Waals surface area (Å²) in [6, 6.07) is 12.1. The molecule has 0 bridgehead atoms. The highest BCUT2D eigenvalue weighted by Gasteiger charge is 2.27. The first-order valence-electron chi connectivity index (χ1n) is 8.91. The van der Waals surface area contributed by atoms with Crippen LogP contribution in [0.25, 0.3) is 16.5 Å². The zero-order valence-corrected chi connectivity index (χ0v) is 16.1. The van der Waals surface area contributed by atoms with E-state index in [9.17, 15) is 12.8 Å². The van der Waals surface area contributed by atoms with Gasteiger partial charge in [0, 0.05) is 35.2 Å². The molecule has 4 nitrogen and oxygen atoms in total. The average molecular weight is 384 g/mol. The number of sulfonamides is 1. The Hall–Kier alpha value is -2.44. The topological polar surface area (TPSA) is 53.2 Å². The quantitative estimate of drug-likeness (QED) is 0.728. The highest BCUT2D eigenvalue weighted by atomic mass is 32.2. The number of benzene rings is 2. The molecule has 1 aromatic heterocycles. The third kappa shape index (κ3) is 3.09. The van der Waals surface area contributed by atoms with Crippen molar-refractivity contribution in [3.05, 3.63) is 71.2 Å². The molecule has 0 saturated heterocycles. The van der Waals surface area contributed by atoms with Crippen LogP contribution in [0.4, 0.5) is 4.39 Å². The van der Waals surface area contributed by atoms with E-state index in [1.165, 1.54) is 28.1 Å². The van der Waals surface area contributed by atoms with Crippen LogP contribution in [0.1, 0.15) is 23.2 Å². The Balaban J connectivity index is 1.64. The number of nitrogens with zero attached hydrogens (tertiary/aromatic N) is 1. The minimum atomic E-state index is -3.63. The molecule has 0 unspecified atom stereocenters. The maximum Gasteiger partial charge on any atom is 0.243 e. The molecule has 1 aliphatic rings. The lowest BCUT2D eigenvalue weighted by atomic mass is 9.97. The molecule has 4 rings (SSSR count). The van der Waals surface area contributed by atoms with Crippen molar-refractivity contribution in [1.29, 1.82) is 0 Å². The van der Waals surface area contributed by atoms with Crippen LogP contribution in [0.2, 0.25) is 0 Å². The molecular weight excluding hydrogens is 363 g/mol. The molecule has 0 atom stereocenters. The van der Waals surface area contributed by atoms with Gasteiger partial charge in [-0.05, 0) is 55.7 Å². The molecule has 2 aromatic carbocycles. The van der Waals surface area contributed by atoms with Gasteiger partial charge in [-0.2, -0.15) is 4.31 Å². The van der Waals surface area contributed by atoms with Crippen LogP contribution < -0.4 is 0 Å². The Kier molecular flexibility index (Phi) is 4.40. The predicted octanol–water partition coefficient (Wildman–Crippen LogP) is 4.40. The summed E-state index contributed by atoms with van der Waals surface area (Å²) in [6.45, 7) is 4.33. The van der Waals surface area contributed by atoms with Crippen LogP contribution in [0, 0.1) is 19.7 Å². The summed E-state index contributed by atoms with van der Waals surface area (Å²) in [4.78, 5) is 3.54. The molecule has 1 aliphatic heterocycles. The second kappa shape index (κ2) is 6.62. The molecule has 1 N–H and O–H groups in total. The molecule has 0 saturated carbocycles. The molecule has 0 radical (unpaired) electrons. The van der Waals surface area contributed by atoms with Crippen molar-refractivity contribution in [1.82, 2.24) is 9.29 Å². The predicted molar refractivity (Wildman–Crippen MR) is 106 cm³/mol. The van der Waals surface area contributed by atoms with E-state index in [1.54, 1.807) is 6.92 Å². The molecule has 140 valence electrons. The van der Waals surface area contributed by atoms with Gasteiger partial charge in [-0.25, -0.2) is 12.8 Å². The summed E-state index contributed by atoms with van der Waals surface area (Å²) < 4.78 is 40.7. The first-order valence-corrected chi connectivity index (χ1v) is 10.3. The zero-order valence-electron chi connectivity index (χ0n) is 15.3. The van der Waals surface area contributed by atoms with Crippen molar-refractivity contribution >= 4 is 26.5 Å². The van der Waals surface area contributed by atoms with Gasteiger partial charge >= 0.3 is 0 Å². The number of halogens is 1. The number of aromatic amines is 1. The van der Waals surface area contributed by atoms with Crippen LogP contribution >= 0.6 is 0 Å². The first-order chi connectivity index (χ1) is 12.9.